The summed E-state index contributed by atoms with van der Waals surface area (Å²) >= 11 is 9.07. The molecule has 1 aliphatic heterocycles. The molecule has 0 atom stereocenters. The van der Waals surface area contributed by atoms with E-state index in [0.29, 0.717) is 23.8 Å². The van der Waals surface area contributed by atoms with Crippen molar-refractivity contribution in [2.75, 3.05) is 6.61 Å². The lowest BCUT2D eigenvalue weighted by Gasteiger charge is -2.06. The second-order valence-electron chi connectivity index (χ2n) is 4.83. The van der Waals surface area contributed by atoms with Crippen LogP contribution in [0.15, 0.2) is 34.8 Å². The molecule has 1 heterocycles. The molecule has 0 bridgehead atoms. The number of carbonyl (C=O) groups excluding carboxylic acids is 2. The summed E-state index contributed by atoms with van der Waals surface area (Å²) in [5.74, 6) is -1.33. The zero-order valence-electron chi connectivity index (χ0n) is 11.2. The Kier molecular flexibility index (Phi) is 4.02. The normalized spacial score (nSPS) is 12.7. The monoisotopic (exact) mass is 382 g/mol. The van der Waals surface area contributed by atoms with Crippen LogP contribution in [0.1, 0.15) is 26.3 Å². The SMILES string of the molecule is O=C(C(=O)c1cc(Cl)c2c(c1)CCO2)c1ccc(F)c(Br)c1. The van der Waals surface area contributed by atoms with Crippen LogP contribution in [0.2, 0.25) is 5.02 Å². The third-order valence-corrected chi connectivity index (χ3v) is 4.28. The highest BCUT2D eigenvalue weighted by Crippen LogP contribution is 2.35. The van der Waals surface area contributed by atoms with E-state index in [2.05, 4.69) is 15.9 Å². The topological polar surface area (TPSA) is 43.4 Å². The lowest BCUT2D eigenvalue weighted by molar-refractivity contribution is 0.0817. The van der Waals surface area contributed by atoms with Gasteiger partial charge in [0.1, 0.15) is 11.6 Å². The summed E-state index contributed by atoms with van der Waals surface area (Å²) in [5, 5.41) is 0.312. The van der Waals surface area contributed by atoms with Crippen LogP contribution in [0.3, 0.4) is 0 Å². The largest absolute Gasteiger partial charge is 0.491 e. The number of carbonyl (C=O) groups is 2. The molecule has 2 aromatic rings. The number of fused-ring (bicyclic) bond motifs is 1. The van der Waals surface area contributed by atoms with E-state index in [1.807, 2.05) is 0 Å². The second-order valence-corrected chi connectivity index (χ2v) is 6.09. The number of halogens is 3. The predicted molar refractivity (Wildman–Crippen MR) is 83.4 cm³/mol. The van der Waals surface area contributed by atoms with E-state index in [9.17, 15) is 14.0 Å². The Balaban J connectivity index is 1.95. The smallest absolute Gasteiger partial charge is 0.233 e. The summed E-state index contributed by atoms with van der Waals surface area (Å²) in [6.45, 7) is 0.506. The quantitative estimate of drug-likeness (QED) is 0.588. The summed E-state index contributed by atoms with van der Waals surface area (Å²) in [6.07, 6.45) is 0.645. The summed E-state index contributed by atoms with van der Waals surface area (Å²) < 4.78 is 18.7. The number of hydrogen-bond acceptors (Lipinski definition) is 3. The fraction of sp³-hybridized carbons (Fsp3) is 0.125. The van der Waals surface area contributed by atoms with Crippen LogP contribution in [-0.2, 0) is 6.42 Å². The lowest BCUT2D eigenvalue weighted by atomic mass is 9.99. The van der Waals surface area contributed by atoms with Crippen molar-refractivity contribution < 1.29 is 18.7 Å². The van der Waals surface area contributed by atoms with Crippen molar-refractivity contribution in [2.45, 2.75) is 6.42 Å². The highest BCUT2D eigenvalue weighted by atomic mass is 79.9. The van der Waals surface area contributed by atoms with Crippen LogP contribution in [0.25, 0.3) is 0 Å². The molecule has 0 fully saturated rings. The van der Waals surface area contributed by atoms with Crippen LogP contribution in [-0.4, -0.2) is 18.2 Å². The lowest BCUT2D eigenvalue weighted by Crippen LogP contribution is -2.15. The minimum Gasteiger partial charge on any atom is -0.491 e. The highest BCUT2D eigenvalue weighted by Gasteiger charge is 2.24. The molecule has 2 aromatic carbocycles. The van der Waals surface area contributed by atoms with Gasteiger partial charge in [-0.15, -0.1) is 0 Å². The molecule has 0 amide bonds. The zero-order valence-corrected chi connectivity index (χ0v) is 13.5. The first kappa shape index (κ1) is 15.2. The Labute approximate surface area is 139 Å². The highest BCUT2D eigenvalue weighted by molar-refractivity contribution is 9.10. The number of ether oxygens (including phenoxy) is 1. The average molecular weight is 384 g/mol. The summed E-state index contributed by atoms with van der Waals surface area (Å²) in [7, 11) is 0. The van der Waals surface area contributed by atoms with Gasteiger partial charge in [-0.1, -0.05) is 11.6 Å². The molecule has 0 aromatic heterocycles. The van der Waals surface area contributed by atoms with Crippen molar-refractivity contribution in [1.29, 1.82) is 0 Å². The molecule has 0 aliphatic carbocycles. The molecule has 0 unspecified atom stereocenters. The molecular formula is C16H9BrClFO3. The maximum atomic E-state index is 13.2. The van der Waals surface area contributed by atoms with Gasteiger partial charge in [-0.2, -0.15) is 0 Å². The summed E-state index contributed by atoms with van der Waals surface area (Å²) in [6, 6.07) is 6.73. The van der Waals surface area contributed by atoms with Crippen LogP contribution in [0.4, 0.5) is 4.39 Å². The Morgan fingerprint density at radius 2 is 1.86 bits per heavy atom. The number of Topliss-reactive ketones (excluding diaryl/α,β-unsaturated/α-hetero) is 2. The molecule has 0 N–H and O–H groups in total. The maximum Gasteiger partial charge on any atom is 0.233 e. The maximum absolute atomic E-state index is 13.2. The van der Waals surface area contributed by atoms with Gasteiger partial charge in [0.2, 0.25) is 11.6 Å². The summed E-state index contributed by atoms with van der Waals surface area (Å²) in [4.78, 5) is 24.6. The van der Waals surface area contributed by atoms with E-state index in [-0.39, 0.29) is 15.6 Å². The van der Waals surface area contributed by atoms with Crippen LogP contribution < -0.4 is 4.74 Å². The Bertz CT molecular complexity index is 804. The van der Waals surface area contributed by atoms with E-state index in [4.69, 9.17) is 16.3 Å². The van der Waals surface area contributed by atoms with E-state index in [0.717, 1.165) is 11.6 Å². The molecule has 0 radical (unpaired) electrons. The summed E-state index contributed by atoms with van der Waals surface area (Å²) in [5.41, 5.74) is 1.13. The van der Waals surface area contributed by atoms with Gasteiger partial charge in [-0.3, -0.25) is 9.59 Å². The van der Waals surface area contributed by atoms with Gasteiger partial charge in [0.15, 0.2) is 0 Å². The molecule has 0 spiro atoms. The van der Waals surface area contributed by atoms with Gasteiger partial charge < -0.3 is 4.74 Å². The van der Waals surface area contributed by atoms with Gasteiger partial charge in [0.05, 0.1) is 16.1 Å². The standard InChI is InChI=1S/C16H9BrClFO3/c17-11-6-8(1-2-13(11)19)14(20)15(21)10-5-9-3-4-22-16(9)12(18)7-10/h1-2,5-7H,3-4H2. The van der Waals surface area contributed by atoms with Crippen molar-refractivity contribution >= 4 is 39.1 Å². The van der Waals surface area contributed by atoms with Crippen molar-refractivity contribution in [3.05, 3.63) is 62.3 Å². The van der Waals surface area contributed by atoms with Gasteiger partial charge in [0, 0.05) is 17.5 Å². The Morgan fingerprint density at radius 3 is 2.59 bits per heavy atom. The van der Waals surface area contributed by atoms with Crippen molar-refractivity contribution in [3.8, 4) is 5.75 Å². The van der Waals surface area contributed by atoms with Crippen LogP contribution in [0, 0.1) is 5.82 Å². The van der Waals surface area contributed by atoms with Crippen LogP contribution in [0.5, 0.6) is 5.75 Å². The van der Waals surface area contributed by atoms with Crippen molar-refractivity contribution in [2.24, 2.45) is 0 Å². The molecule has 3 nitrogen and oxygen atoms in total. The minimum atomic E-state index is -0.712. The van der Waals surface area contributed by atoms with E-state index in [1.54, 1.807) is 6.07 Å². The molecule has 22 heavy (non-hydrogen) atoms. The first-order chi connectivity index (χ1) is 10.5. The first-order valence-electron chi connectivity index (χ1n) is 6.46. The zero-order chi connectivity index (χ0) is 15.9. The molecule has 3 rings (SSSR count). The van der Waals surface area contributed by atoms with E-state index in [1.165, 1.54) is 18.2 Å². The number of benzene rings is 2. The fourth-order valence-electron chi connectivity index (χ4n) is 2.29. The molecular weight excluding hydrogens is 375 g/mol. The molecule has 0 saturated heterocycles. The van der Waals surface area contributed by atoms with Gasteiger partial charge in [-0.25, -0.2) is 4.39 Å². The molecule has 6 heteroatoms. The van der Waals surface area contributed by atoms with E-state index >= 15 is 0 Å². The Morgan fingerprint density at radius 1 is 1.14 bits per heavy atom. The third-order valence-electron chi connectivity index (χ3n) is 3.39. The molecule has 0 saturated carbocycles. The average Bonchev–Trinajstić information content (AvgIpc) is 2.97. The Hall–Kier alpha value is -1.72. The van der Waals surface area contributed by atoms with Crippen molar-refractivity contribution in [1.82, 2.24) is 0 Å². The van der Waals surface area contributed by atoms with Crippen molar-refractivity contribution in [3.63, 3.8) is 0 Å². The fourth-order valence-corrected chi connectivity index (χ4v) is 2.96. The molecule has 1 aliphatic rings. The number of hydrogen-bond donors (Lipinski definition) is 0. The predicted octanol–water partition coefficient (Wildman–Crippen LogP) is 4.24. The van der Waals surface area contributed by atoms with Gasteiger partial charge in [-0.05, 0) is 51.8 Å². The second kappa shape index (κ2) is 5.82. The number of ketones is 2. The van der Waals surface area contributed by atoms with E-state index < -0.39 is 17.4 Å². The van der Waals surface area contributed by atoms with Crippen LogP contribution >= 0.6 is 27.5 Å². The van der Waals surface area contributed by atoms with Gasteiger partial charge in [0.25, 0.3) is 0 Å². The van der Waals surface area contributed by atoms with Gasteiger partial charge >= 0.3 is 0 Å². The molecule has 112 valence electrons. The number of rotatable bonds is 3. The minimum absolute atomic E-state index is 0.117. The third kappa shape index (κ3) is 2.66. The first-order valence-corrected chi connectivity index (χ1v) is 7.64.